The molecule has 0 aliphatic heterocycles. The quantitative estimate of drug-likeness (QED) is 0.716. The zero-order chi connectivity index (χ0) is 10.4. The SMILES string of the molecule is C=C/C=C\C=C(/C)c1ccc(O)cc1. The number of rotatable bonds is 3. The minimum absolute atomic E-state index is 0.295. The van der Waals surface area contributed by atoms with Crippen molar-refractivity contribution in [3.63, 3.8) is 0 Å². The zero-order valence-electron chi connectivity index (χ0n) is 8.27. The molecule has 0 radical (unpaired) electrons. The third-order valence-corrected chi connectivity index (χ3v) is 1.92. The van der Waals surface area contributed by atoms with Crippen molar-refractivity contribution in [3.8, 4) is 5.75 Å². The molecular weight excluding hydrogens is 172 g/mol. The van der Waals surface area contributed by atoms with Gasteiger partial charge in [-0.05, 0) is 30.2 Å². The van der Waals surface area contributed by atoms with Gasteiger partial charge in [0.15, 0.2) is 0 Å². The summed E-state index contributed by atoms with van der Waals surface area (Å²) in [6.45, 7) is 5.62. The summed E-state index contributed by atoms with van der Waals surface area (Å²) < 4.78 is 0. The Labute approximate surface area is 84.7 Å². The van der Waals surface area contributed by atoms with Gasteiger partial charge >= 0.3 is 0 Å². The van der Waals surface area contributed by atoms with Crippen molar-refractivity contribution < 1.29 is 5.11 Å². The highest BCUT2D eigenvalue weighted by atomic mass is 16.3. The van der Waals surface area contributed by atoms with Crippen LogP contribution in [0.3, 0.4) is 0 Å². The summed E-state index contributed by atoms with van der Waals surface area (Å²) >= 11 is 0. The summed E-state index contributed by atoms with van der Waals surface area (Å²) in [5.74, 6) is 0.295. The van der Waals surface area contributed by atoms with Crippen molar-refractivity contribution in [1.29, 1.82) is 0 Å². The molecule has 1 rings (SSSR count). The van der Waals surface area contributed by atoms with Crippen molar-refractivity contribution in [2.24, 2.45) is 0 Å². The van der Waals surface area contributed by atoms with Gasteiger partial charge in [-0.2, -0.15) is 0 Å². The third kappa shape index (κ3) is 2.94. The van der Waals surface area contributed by atoms with E-state index in [1.165, 1.54) is 0 Å². The number of hydrogen-bond acceptors (Lipinski definition) is 1. The van der Waals surface area contributed by atoms with Crippen LogP contribution in [0.15, 0.2) is 55.1 Å². The predicted octanol–water partition coefficient (Wildman–Crippen LogP) is 3.54. The molecule has 1 N–H and O–H groups in total. The molecule has 0 bridgehead atoms. The number of benzene rings is 1. The normalized spacial score (nSPS) is 11.9. The third-order valence-electron chi connectivity index (χ3n) is 1.92. The van der Waals surface area contributed by atoms with Crippen LogP contribution in [-0.4, -0.2) is 5.11 Å². The molecule has 0 aliphatic carbocycles. The van der Waals surface area contributed by atoms with Crippen LogP contribution in [0.25, 0.3) is 5.57 Å². The minimum atomic E-state index is 0.295. The number of hydrogen-bond donors (Lipinski definition) is 1. The molecule has 0 aliphatic rings. The fourth-order valence-electron chi connectivity index (χ4n) is 1.10. The topological polar surface area (TPSA) is 20.2 Å². The van der Waals surface area contributed by atoms with Gasteiger partial charge in [-0.15, -0.1) is 0 Å². The smallest absolute Gasteiger partial charge is 0.115 e. The Hall–Kier alpha value is -1.76. The molecule has 0 unspecified atom stereocenters. The van der Waals surface area contributed by atoms with E-state index < -0.39 is 0 Å². The molecule has 0 heterocycles. The summed E-state index contributed by atoms with van der Waals surface area (Å²) in [7, 11) is 0. The van der Waals surface area contributed by atoms with Crippen LogP contribution in [-0.2, 0) is 0 Å². The second-order valence-corrected chi connectivity index (χ2v) is 3.02. The minimum Gasteiger partial charge on any atom is -0.508 e. The van der Waals surface area contributed by atoms with Crippen molar-refractivity contribution in [3.05, 3.63) is 60.7 Å². The molecule has 1 aromatic rings. The maximum atomic E-state index is 9.11. The van der Waals surface area contributed by atoms with Crippen LogP contribution in [0, 0.1) is 0 Å². The van der Waals surface area contributed by atoms with E-state index in [1.807, 2.05) is 37.3 Å². The molecule has 0 atom stereocenters. The highest BCUT2D eigenvalue weighted by molar-refractivity contribution is 5.65. The van der Waals surface area contributed by atoms with Gasteiger partial charge in [0, 0.05) is 0 Å². The predicted molar refractivity (Wildman–Crippen MR) is 61.1 cm³/mol. The van der Waals surface area contributed by atoms with Gasteiger partial charge in [-0.1, -0.05) is 43.0 Å². The second-order valence-electron chi connectivity index (χ2n) is 3.02. The standard InChI is InChI=1S/C13H14O/c1-3-4-5-6-11(2)12-7-9-13(14)10-8-12/h3-10,14H,1H2,2H3/b5-4-,11-6+. The summed E-state index contributed by atoms with van der Waals surface area (Å²) in [5.41, 5.74) is 2.26. The number of phenols is 1. The Morgan fingerprint density at radius 2 is 1.86 bits per heavy atom. The average molecular weight is 186 g/mol. The van der Waals surface area contributed by atoms with Crippen molar-refractivity contribution in [1.82, 2.24) is 0 Å². The molecule has 14 heavy (non-hydrogen) atoms. The van der Waals surface area contributed by atoms with E-state index in [2.05, 4.69) is 6.58 Å². The van der Waals surface area contributed by atoms with Crippen molar-refractivity contribution >= 4 is 5.57 Å². The van der Waals surface area contributed by atoms with E-state index in [1.54, 1.807) is 18.2 Å². The highest BCUT2D eigenvalue weighted by Gasteiger charge is 1.93. The zero-order valence-corrected chi connectivity index (χ0v) is 8.27. The van der Waals surface area contributed by atoms with E-state index in [0.29, 0.717) is 5.75 Å². The second kappa shape index (κ2) is 5.07. The van der Waals surface area contributed by atoms with Crippen LogP contribution in [0.5, 0.6) is 5.75 Å². The molecule has 1 aromatic carbocycles. The molecule has 0 aromatic heterocycles. The first-order valence-electron chi connectivity index (χ1n) is 4.49. The van der Waals surface area contributed by atoms with Gasteiger partial charge in [-0.3, -0.25) is 0 Å². The number of aromatic hydroxyl groups is 1. The molecule has 0 fully saturated rings. The fourth-order valence-corrected chi connectivity index (χ4v) is 1.10. The van der Waals surface area contributed by atoms with E-state index in [-0.39, 0.29) is 0 Å². The molecule has 0 saturated heterocycles. The van der Waals surface area contributed by atoms with Crippen molar-refractivity contribution in [2.75, 3.05) is 0 Å². The first-order chi connectivity index (χ1) is 6.74. The Morgan fingerprint density at radius 3 is 2.43 bits per heavy atom. The molecule has 1 heteroatoms. The van der Waals surface area contributed by atoms with Crippen LogP contribution >= 0.6 is 0 Å². The largest absolute Gasteiger partial charge is 0.508 e. The lowest BCUT2D eigenvalue weighted by atomic mass is 10.1. The van der Waals surface area contributed by atoms with Gasteiger partial charge < -0.3 is 5.11 Å². The summed E-state index contributed by atoms with van der Waals surface area (Å²) in [6.07, 6.45) is 7.56. The summed E-state index contributed by atoms with van der Waals surface area (Å²) in [5, 5.41) is 9.11. The van der Waals surface area contributed by atoms with Gasteiger partial charge in [0.25, 0.3) is 0 Å². The van der Waals surface area contributed by atoms with Crippen LogP contribution < -0.4 is 0 Å². The Morgan fingerprint density at radius 1 is 1.21 bits per heavy atom. The van der Waals surface area contributed by atoms with E-state index in [0.717, 1.165) is 11.1 Å². The molecule has 1 nitrogen and oxygen atoms in total. The first-order valence-corrected chi connectivity index (χ1v) is 4.49. The molecule has 0 spiro atoms. The summed E-state index contributed by atoms with van der Waals surface area (Å²) in [6, 6.07) is 7.15. The van der Waals surface area contributed by atoms with Crippen LogP contribution in [0.4, 0.5) is 0 Å². The average Bonchev–Trinajstić information content (AvgIpc) is 2.19. The molecule has 72 valence electrons. The highest BCUT2D eigenvalue weighted by Crippen LogP contribution is 2.17. The van der Waals surface area contributed by atoms with Crippen LogP contribution in [0.1, 0.15) is 12.5 Å². The lowest BCUT2D eigenvalue weighted by Gasteiger charge is -1.99. The monoisotopic (exact) mass is 186 g/mol. The van der Waals surface area contributed by atoms with E-state index in [9.17, 15) is 0 Å². The van der Waals surface area contributed by atoms with Crippen molar-refractivity contribution in [2.45, 2.75) is 6.92 Å². The molecular formula is C13H14O. The number of allylic oxidation sites excluding steroid dienone is 5. The van der Waals surface area contributed by atoms with E-state index in [4.69, 9.17) is 5.11 Å². The van der Waals surface area contributed by atoms with Gasteiger partial charge in [-0.25, -0.2) is 0 Å². The number of phenolic OH excluding ortho intramolecular Hbond substituents is 1. The molecule has 0 amide bonds. The summed E-state index contributed by atoms with van der Waals surface area (Å²) in [4.78, 5) is 0. The maximum absolute atomic E-state index is 9.11. The van der Waals surface area contributed by atoms with Gasteiger partial charge in [0.05, 0.1) is 0 Å². The Balaban J connectivity index is 2.83. The maximum Gasteiger partial charge on any atom is 0.115 e. The lowest BCUT2D eigenvalue weighted by molar-refractivity contribution is 0.475. The Bertz CT molecular complexity index is 355. The molecule has 0 saturated carbocycles. The first kappa shape index (κ1) is 10.3. The Kier molecular flexibility index (Phi) is 3.74. The van der Waals surface area contributed by atoms with E-state index >= 15 is 0 Å². The van der Waals surface area contributed by atoms with Crippen LogP contribution in [0.2, 0.25) is 0 Å². The lowest BCUT2D eigenvalue weighted by Crippen LogP contribution is -1.77. The van der Waals surface area contributed by atoms with Gasteiger partial charge in [0.1, 0.15) is 5.75 Å². The fraction of sp³-hybridized carbons (Fsp3) is 0.0769. The van der Waals surface area contributed by atoms with Gasteiger partial charge in [0.2, 0.25) is 0 Å².